The third-order valence-electron chi connectivity index (χ3n) is 5.08. The highest BCUT2D eigenvalue weighted by Gasteiger charge is 2.33. The molecule has 0 spiro atoms. The van der Waals surface area contributed by atoms with Crippen LogP contribution < -0.4 is 4.74 Å². The van der Waals surface area contributed by atoms with Crippen LogP contribution >= 0.6 is 0 Å². The van der Waals surface area contributed by atoms with Crippen LogP contribution in [-0.4, -0.2) is 48.3 Å². The van der Waals surface area contributed by atoms with E-state index < -0.39 is 0 Å². The van der Waals surface area contributed by atoms with Crippen LogP contribution in [0.1, 0.15) is 37.4 Å². The van der Waals surface area contributed by atoms with Crippen LogP contribution in [0.5, 0.6) is 5.75 Å². The summed E-state index contributed by atoms with van der Waals surface area (Å²) < 4.78 is 18.9. The van der Waals surface area contributed by atoms with E-state index in [4.69, 9.17) is 4.74 Å². The standard InChI is InChI=1S/C22H26FN3O2/c1-4-25(5-2)15-22(27)26-21(16-9-11-19(28-3)12-10-16)14-20(24-26)17-7-6-8-18(23)13-17/h6-13,21H,4-5,14-15H2,1-3H3. The summed E-state index contributed by atoms with van der Waals surface area (Å²) in [5.41, 5.74) is 2.40. The lowest BCUT2D eigenvalue weighted by Gasteiger charge is -2.25. The van der Waals surface area contributed by atoms with Crippen molar-refractivity contribution in [2.75, 3.05) is 26.7 Å². The summed E-state index contributed by atoms with van der Waals surface area (Å²) in [6.07, 6.45) is 0.541. The molecule has 0 fully saturated rings. The second kappa shape index (κ2) is 8.97. The smallest absolute Gasteiger partial charge is 0.257 e. The zero-order chi connectivity index (χ0) is 20.1. The summed E-state index contributed by atoms with van der Waals surface area (Å²) in [4.78, 5) is 15.1. The molecular weight excluding hydrogens is 357 g/mol. The van der Waals surface area contributed by atoms with Gasteiger partial charge in [0.15, 0.2) is 0 Å². The van der Waals surface area contributed by atoms with E-state index in [2.05, 4.69) is 10.0 Å². The van der Waals surface area contributed by atoms with Gasteiger partial charge < -0.3 is 4.74 Å². The molecule has 5 nitrogen and oxygen atoms in total. The largest absolute Gasteiger partial charge is 0.497 e. The number of nitrogens with zero attached hydrogens (tertiary/aromatic N) is 3. The van der Waals surface area contributed by atoms with Crippen LogP contribution in [0.2, 0.25) is 0 Å². The minimum absolute atomic E-state index is 0.0593. The number of carbonyl (C=O) groups is 1. The lowest BCUT2D eigenvalue weighted by atomic mass is 9.98. The van der Waals surface area contributed by atoms with Gasteiger partial charge in [-0.3, -0.25) is 9.69 Å². The number of carbonyl (C=O) groups excluding carboxylic acids is 1. The summed E-state index contributed by atoms with van der Waals surface area (Å²) in [6.45, 7) is 5.96. The van der Waals surface area contributed by atoms with Crippen molar-refractivity contribution >= 4 is 11.6 Å². The number of hydrogen-bond donors (Lipinski definition) is 0. The molecule has 0 bridgehead atoms. The Morgan fingerprint density at radius 1 is 1.21 bits per heavy atom. The monoisotopic (exact) mass is 383 g/mol. The number of halogens is 1. The zero-order valence-corrected chi connectivity index (χ0v) is 16.6. The van der Waals surface area contributed by atoms with Crippen LogP contribution in [0, 0.1) is 5.82 Å². The summed E-state index contributed by atoms with van der Waals surface area (Å²) in [5.74, 6) is 0.388. The van der Waals surface area contributed by atoms with Gasteiger partial charge in [-0.25, -0.2) is 9.40 Å². The first-order chi connectivity index (χ1) is 13.5. The number of amides is 1. The number of hydrazone groups is 1. The molecule has 148 valence electrons. The van der Waals surface area contributed by atoms with E-state index in [1.165, 1.54) is 12.1 Å². The van der Waals surface area contributed by atoms with E-state index in [1.54, 1.807) is 18.2 Å². The summed E-state index contributed by atoms with van der Waals surface area (Å²) >= 11 is 0. The third-order valence-corrected chi connectivity index (χ3v) is 5.08. The summed E-state index contributed by atoms with van der Waals surface area (Å²) in [5, 5.41) is 6.15. The van der Waals surface area contributed by atoms with Crippen molar-refractivity contribution in [3.05, 3.63) is 65.5 Å². The molecular formula is C22H26FN3O2. The van der Waals surface area contributed by atoms with Crippen LogP contribution in [0.4, 0.5) is 4.39 Å². The summed E-state index contributed by atoms with van der Waals surface area (Å²) in [7, 11) is 1.62. The third kappa shape index (κ3) is 4.39. The predicted molar refractivity (Wildman–Crippen MR) is 108 cm³/mol. The van der Waals surface area contributed by atoms with Gasteiger partial charge in [-0.05, 0) is 42.9 Å². The second-order valence-corrected chi connectivity index (χ2v) is 6.75. The molecule has 0 radical (unpaired) electrons. The number of hydrogen-bond acceptors (Lipinski definition) is 4. The first kappa shape index (κ1) is 20.0. The Morgan fingerprint density at radius 3 is 2.54 bits per heavy atom. The molecule has 1 amide bonds. The summed E-state index contributed by atoms with van der Waals surface area (Å²) in [6, 6.07) is 13.8. The predicted octanol–water partition coefficient (Wildman–Crippen LogP) is 3.85. The molecule has 6 heteroatoms. The van der Waals surface area contributed by atoms with E-state index in [0.717, 1.165) is 24.4 Å². The van der Waals surface area contributed by atoms with Crippen molar-refractivity contribution in [3.8, 4) is 5.75 Å². The molecule has 3 rings (SSSR count). The zero-order valence-electron chi connectivity index (χ0n) is 16.6. The van der Waals surface area contributed by atoms with Crippen molar-refractivity contribution < 1.29 is 13.9 Å². The van der Waals surface area contributed by atoms with Crippen LogP contribution in [0.3, 0.4) is 0 Å². The minimum Gasteiger partial charge on any atom is -0.497 e. The Kier molecular flexibility index (Phi) is 6.41. The van der Waals surface area contributed by atoms with Crippen molar-refractivity contribution in [2.45, 2.75) is 26.3 Å². The van der Waals surface area contributed by atoms with Gasteiger partial charge in [-0.1, -0.05) is 38.1 Å². The molecule has 0 aliphatic carbocycles. The molecule has 2 aromatic rings. The van der Waals surface area contributed by atoms with Crippen molar-refractivity contribution in [1.29, 1.82) is 0 Å². The second-order valence-electron chi connectivity index (χ2n) is 6.75. The molecule has 1 atom stereocenters. The molecule has 1 aliphatic rings. The number of benzene rings is 2. The molecule has 0 saturated carbocycles. The van der Waals surface area contributed by atoms with Gasteiger partial charge in [-0.15, -0.1) is 0 Å². The molecule has 0 aromatic heterocycles. The molecule has 1 unspecified atom stereocenters. The molecule has 1 heterocycles. The van der Waals surface area contributed by atoms with Gasteiger partial charge in [0.05, 0.1) is 25.4 Å². The number of likely N-dealkylation sites (N-methyl/N-ethyl adjacent to an activating group) is 1. The number of methoxy groups -OCH3 is 1. The Hall–Kier alpha value is -2.73. The maximum Gasteiger partial charge on any atom is 0.257 e. The van der Waals surface area contributed by atoms with Gasteiger partial charge in [0.1, 0.15) is 11.6 Å². The maximum atomic E-state index is 13.7. The average molecular weight is 383 g/mol. The van der Waals surface area contributed by atoms with Crippen LogP contribution in [0.25, 0.3) is 0 Å². The van der Waals surface area contributed by atoms with Crippen molar-refractivity contribution in [3.63, 3.8) is 0 Å². The Morgan fingerprint density at radius 2 is 1.93 bits per heavy atom. The highest BCUT2D eigenvalue weighted by molar-refractivity contribution is 6.03. The fourth-order valence-electron chi connectivity index (χ4n) is 3.38. The van der Waals surface area contributed by atoms with Gasteiger partial charge in [-0.2, -0.15) is 5.10 Å². The van der Waals surface area contributed by atoms with E-state index in [-0.39, 0.29) is 17.8 Å². The van der Waals surface area contributed by atoms with Crippen LogP contribution in [0.15, 0.2) is 53.6 Å². The Balaban J connectivity index is 1.91. The van der Waals surface area contributed by atoms with Gasteiger partial charge in [0.25, 0.3) is 5.91 Å². The fraction of sp³-hybridized carbons (Fsp3) is 0.364. The van der Waals surface area contributed by atoms with E-state index in [1.807, 2.05) is 44.2 Å². The van der Waals surface area contributed by atoms with Crippen LogP contribution in [-0.2, 0) is 4.79 Å². The molecule has 2 aromatic carbocycles. The van der Waals surface area contributed by atoms with E-state index >= 15 is 0 Å². The van der Waals surface area contributed by atoms with Crippen molar-refractivity contribution in [1.82, 2.24) is 9.91 Å². The van der Waals surface area contributed by atoms with E-state index in [0.29, 0.717) is 24.2 Å². The highest BCUT2D eigenvalue weighted by Crippen LogP contribution is 2.33. The first-order valence-electron chi connectivity index (χ1n) is 9.57. The normalized spacial score (nSPS) is 16.4. The van der Waals surface area contributed by atoms with Gasteiger partial charge in [0, 0.05) is 12.0 Å². The SMILES string of the molecule is CCN(CC)CC(=O)N1N=C(c2cccc(F)c2)CC1c1ccc(OC)cc1. The lowest BCUT2D eigenvalue weighted by Crippen LogP contribution is -2.38. The Labute approximate surface area is 165 Å². The maximum absolute atomic E-state index is 13.7. The minimum atomic E-state index is -0.311. The van der Waals surface area contributed by atoms with Gasteiger partial charge in [0.2, 0.25) is 0 Å². The first-order valence-corrected chi connectivity index (χ1v) is 9.57. The topological polar surface area (TPSA) is 45.1 Å². The highest BCUT2D eigenvalue weighted by atomic mass is 19.1. The lowest BCUT2D eigenvalue weighted by molar-refractivity contribution is -0.134. The van der Waals surface area contributed by atoms with E-state index in [9.17, 15) is 9.18 Å². The quantitative estimate of drug-likeness (QED) is 0.729. The molecule has 28 heavy (non-hydrogen) atoms. The number of ether oxygens (including phenoxy) is 1. The Bertz CT molecular complexity index is 847. The molecule has 0 saturated heterocycles. The van der Waals surface area contributed by atoms with Crippen molar-refractivity contribution in [2.24, 2.45) is 5.10 Å². The molecule has 0 N–H and O–H groups in total. The average Bonchev–Trinajstić information content (AvgIpc) is 3.17. The fourth-order valence-corrected chi connectivity index (χ4v) is 3.38. The number of rotatable bonds is 7. The van der Waals surface area contributed by atoms with Gasteiger partial charge >= 0.3 is 0 Å². The molecule has 1 aliphatic heterocycles.